The van der Waals surface area contributed by atoms with Crippen LogP contribution in [0.5, 0.6) is 0 Å². The molecule has 0 aromatic heterocycles. The smallest absolute Gasteiger partial charge is 0.319 e. The summed E-state index contributed by atoms with van der Waals surface area (Å²) in [6.45, 7) is 1.94. The summed E-state index contributed by atoms with van der Waals surface area (Å²) in [6.07, 6.45) is 0.841. The van der Waals surface area contributed by atoms with E-state index in [0.717, 1.165) is 11.3 Å². The maximum absolute atomic E-state index is 11.6. The summed E-state index contributed by atoms with van der Waals surface area (Å²) in [7, 11) is 0. The molecule has 20 heavy (non-hydrogen) atoms. The molecule has 2 nitrogen and oxygen atoms in total. The highest BCUT2D eigenvalue weighted by molar-refractivity contribution is 8.00. The second-order valence-corrected chi connectivity index (χ2v) is 6.26. The molecule has 1 aliphatic heterocycles. The van der Waals surface area contributed by atoms with Gasteiger partial charge in [-0.05, 0) is 30.2 Å². The van der Waals surface area contributed by atoms with Crippen molar-refractivity contribution in [3.05, 3.63) is 54.6 Å². The monoisotopic (exact) mass is 284 g/mol. The van der Waals surface area contributed by atoms with Crippen molar-refractivity contribution >= 4 is 17.7 Å². The first-order chi connectivity index (χ1) is 9.72. The Morgan fingerprint density at radius 1 is 1.00 bits per heavy atom. The minimum absolute atomic E-state index is 0.0450. The van der Waals surface area contributed by atoms with Crippen LogP contribution in [0.3, 0.4) is 0 Å². The Balaban J connectivity index is 1.72. The number of thioether (sulfide) groups is 1. The van der Waals surface area contributed by atoms with E-state index >= 15 is 0 Å². The van der Waals surface area contributed by atoms with Crippen LogP contribution in [-0.2, 0) is 9.53 Å². The first kappa shape index (κ1) is 13.3. The van der Waals surface area contributed by atoms with Gasteiger partial charge in [-0.3, -0.25) is 4.79 Å². The van der Waals surface area contributed by atoms with Crippen LogP contribution < -0.4 is 0 Å². The Bertz CT molecular complexity index is 592. The van der Waals surface area contributed by atoms with E-state index in [1.807, 2.05) is 25.1 Å². The van der Waals surface area contributed by atoms with Crippen LogP contribution in [0.1, 0.15) is 13.3 Å². The van der Waals surface area contributed by atoms with Crippen molar-refractivity contribution < 1.29 is 9.53 Å². The molecule has 3 heteroatoms. The third-order valence-corrected chi connectivity index (χ3v) is 4.58. The molecule has 2 aromatic carbocycles. The van der Waals surface area contributed by atoms with Crippen molar-refractivity contribution in [3.63, 3.8) is 0 Å². The quantitative estimate of drug-likeness (QED) is 0.792. The number of ether oxygens (including phenoxy) is 1. The maximum Gasteiger partial charge on any atom is 0.319 e. The molecule has 0 saturated carbocycles. The Morgan fingerprint density at radius 3 is 2.25 bits per heavy atom. The molecule has 0 amide bonds. The van der Waals surface area contributed by atoms with E-state index in [9.17, 15) is 4.79 Å². The Morgan fingerprint density at radius 2 is 1.65 bits per heavy atom. The lowest BCUT2D eigenvalue weighted by Gasteiger charge is -2.07. The number of cyclic esters (lactones) is 1. The molecule has 1 aliphatic rings. The van der Waals surface area contributed by atoms with E-state index in [2.05, 4.69) is 36.4 Å². The molecule has 2 atom stereocenters. The van der Waals surface area contributed by atoms with Gasteiger partial charge in [-0.1, -0.05) is 42.5 Å². The van der Waals surface area contributed by atoms with Gasteiger partial charge in [0, 0.05) is 11.3 Å². The van der Waals surface area contributed by atoms with E-state index in [4.69, 9.17) is 4.74 Å². The Hall–Kier alpha value is -1.74. The normalized spacial score (nSPS) is 21.8. The average molecular weight is 284 g/mol. The van der Waals surface area contributed by atoms with Crippen LogP contribution in [0.25, 0.3) is 11.1 Å². The zero-order chi connectivity index (χ0) is 13.9. The topological polar surface area (TPSA) is 26.3 Å². The minimum atomic E-state index is -0.0883. The van der Waals surface area contributed by atoms with Gasteiger partial charge in [0.2, 0.25) is 0 Å². The minimum Gasteiger partial charge on any atom is -0.462 e. The SMILES string of the molecule is C[C@@H]1C[C@@H](Sc2ccc(-c3ccccc3)cc2)C(=O)O1. The number of hydrogen-bond donors (Lipinski definition) is 0. The largest absolute Gasteiger partial charge is 0.462 e. The lowest BCUT2D eigenvalue weighted by Crippen LogP contribution is -2.08. The van der Waals surface area contributed by atoms with Gasteiger partial charge in [0.15, 0.2) is 0 Å². The molecular formula is C17H16O2S. The van der Waals surface area contributed by atoms with Gasteiger partial charge in [0.25, 0.3) is 0 Å². The summed E-state index contributed by atoms with van der Waals surface area (Å²) in [5.41, 5.74) is 2.40. The summed E-state index contributed by atoms with van der Waals surface area (Å²) in [4.78, 5) is 12.7. The van der Waals surface area contributed by atoms with Crippen molar-refractivity contribution in [2.45, 2.75) is 29.6 Å². The molecule has 0 aliphatic carbocycles. The van der Waals surface area contributed by atoms with Crippen molar-refractivity contribution in [2.75, 3.05) is 0 Å². The van der Waals surface area contributed by atoms with Gasteiger partial charge in [0.05, 0.1) is 0 Å². The third-order valence-electron chi connectivity index (χ3n) is 3.37. The Kier molecular flexibility index (Phi) is 3.79. The van der Waals surface area contributed by atoms with E-state index in [0.29, 0.717) is 0 Å². The fourth-order valence-corrected chi connectivity index (χ4v) is 3.48. The van der Waals surface area contributed by atoms with E-state index in [1.165, 1.54) is 11.1 Å². The number of carbonyl (C=O) groups is 1. The Labute approximate surface area is 123 Å². The van der Waals surface area contributed by atoms with Gasteiger partial charge in [-0.15, -0.1) is 11.8 Å². The van der Waals surface area contributed by atoms with Crippen molar-refractivity contribution in [3.8, 4) is 11.1 Å². The summed E-state index contributed by atoms with van der Waals surface area (Å²) < 4.78 is 5.18. The van der Waals surface area contributed by atoms with E-state index < -0.39 is 0 Å². The third kappa shape index (κ3) is 2.88. The van der Waals surface area contributed by atoms with Gasteiger partial charge < -0.3 is 4.74 Å². The predicted molar refractivity (Wildman–Crippen MR) is 81.7 cm³/mol. The maximum atomic E-state index is 11.6. The highest BCUT2D eigenvalue weighted by Crippen LogP contribution is 2.33. The van der Waals surface area contributed by atoms with Crippen molar-refractivity contribution in [2.24, 2.45) is 0 Å². The van der Waals surface area contributed by atoms with Crippen molar-refractivity contribution in [1.82, 2.24) is 0 Å². The first-order valence-electron chi connectivity index (χ1n) is 6.75. The lowest BCUT2D eigenvalue weighted by molar-refractivity contribution is -0.140. The molecule has 3 rings (SSSR count). The average Bonchev–Trinajstić information content (AvgIpc) is 2.79. The second kappa shape index (κ2) is 5.71. The fourth-order valence-electron chi connectivity index (χ4n) is 2.34. The molecule has 102 valence electrons. The van der Waals surface area contributed by atoms with E-state index in [-0.39, 0.29) is 17.3 Å². The highest BCUT2D eigenvalue weighted by Gasteiger charge is 2.32. The van der Waals surface area contributed by atoms with Crippen LogP contribution in [0.2, 0.25) is 0 Å². The summed E-state index contributed by atoms with van der Waals surface area (Å²) in [5, 5.41) is -0.0624. The molecule has 1 fully saturated rings. The van der Waals surface area contributed by atoms with Crippen LogP contribution in [-0.4, -0.2) is 17.3 Å². The van der Waals surface area contributed by atoms with Gasteiger partial charge in [-0.25, -0.2) is 0 Å². The van der Waals surface area contributed by atoms with Crippen molar-refractivity contribution in [1.29, 1.82) is 0 Å². The molecule has 0 N–H and O–H groups in total. The van der Waals surface area contributed by atoms with Crippen LogP contribution in [0.15, 0.2) is 59.5 Å². The molecule has 2 aromatic rings. The van der Waals surface area contributed by atoms with Crippen LogP contribution in [0, 0.1) is 0 Å². The molecule has 1 saturated heterocycles. The number of rotatable bonds is 3. The molecule has 1 heterocycles. The molecular weight excluding hydrogens is 268 g/mol. The first-order valence-corrected chi connectivity index (χ1v) is 7.63. The van der Waals surface area contributed by atoms with Gasteiger partial charge in [-0.2, -0.15) is 0 Å². The van der Waals surface area contributed by atoms with Crippen LogP contribution in [0.4, 0.5) is 0 Å². The second-order valence-electron chi connectivity index (χ2n) is 4.98. The molecule has 0 spiro atoms. The summed E-state index contributed by atoms with van der Waals surface area (Å²) in [6, 6.07) is 18.6. The molecule has 0 bridgehead atoms. The molecule has 0 radical (unpaired) electrons. The number of carbonyl (C=O) groups excluding carboxylic acids is 1. The zero-order valence-corrected chi connectivity index (χ0v) is 12.1. The summed E-state index contributed by atoms with van der Waals surface area (Å²) in [5.74, 6) is -0.0883. The van der Waals surface area contributed by atoms with Crippen LogP contribution >= 0.6 is 11.8 Å². The number of esters is 1. The van der Waals surface area contributed by atoms with Gasteiger partial charge >= 0.3 is 5.97 Å². The fraction of sp³-hybridized carbons (Fsp3) is 0.235. The standard InChI is InChI=1S/C17H16O2S/c1-12-11-16(17(18)19-12)20-15-9-7-14(8-10-15)13-5-3-2-4-6-13/h2-10,12,16H,11H2,1H3/t12-,16-/m1/s1. The number of benzene rings is 2. The van der Waals surface area contributed by atoms with E-state index in [1.54, 1.807) is 11.8 Å². The summed E-state index contributed by atoms with van der Waals surface area (Å²) >= 11 is 1.59. The molecule has 0 unspecified atom stereocenters. The van der Waals surface area contributed by atoms with Gasteiger partial charge in [0.1, 0.15) is 11.4 Å². The predicted octanol–water partition coefficient (Wildman–Crippen LogP) is 4.15. The lowest BCUT2D eigenvalue weighted by atomic mass is 10.1. The number of hydrogen-bond acceptors (Lipinski definition) is 3. The zero-order valence-electron chi connectivity index (χ0n) is 11.3. The highest BCUT2D eigenvalue weighted by atomic mass is 32.2.